The Balaban J connectivity index is 2.57. The molecule has 84 valence electrons. The van der Waals surface area contributed by atoms with E-state index >= 15 is 0 Å². The molecule has 0 aliphatic heterocycles. The van der Waals surface area contributed by atoms with E-state index in [0.717, 1.165) is 25.7 Å². The lowest BCUT2D eigenvalue weighted by Gasteiger charge is -2.34. The first-order valence-electron chi connectivity index (χ1n) is 5.10. The van der Waals surface area contributed by atoms with Crippen LogP contribution in [0.1, 0.15) is 39.0 Å². The van der Waals surface area contributed by atoms with Gasteiger partial charge in [0.15, 0.2) is 0 Å². The topological polar surface area (TPSA) is 66.4 Å². The van der Waals surface area contributed by atoms with Crippen LogP contribution in [0, 0.1) is 0 Å². The molecule has 2 N–H and O–H groups in total. The molecule has 0 aromatic heterocycles. The highest BCUT2D eigenvalue weighted by Gasteiger charge is 2.30. The van der Waals surface area contributed by atoms with Crippen molar-refractivity contribution in [2.24, 2.45) is 0 Å². The fraction of sp³-hybridized carbons (Fsp3) is 1.00. The van der Waals surface area contributed by atoms with Crippen LogP contribution in [0.3, 0.4) is 0 Å². The summed E-state index contributed by atoms with van der Waals surface area (Å²) in [7, 11) is -3.29. The van der Waals surface area contributed by atoms with E-state index in [-0.39, 0.29) is 17.9 Å². The van der Waals surface area contributed by atoms with E-state index in [4.69, 9.17) is 5.11 Å². The maximum absolute atomic E-state index is 11.4. The van der Waals surface area contributed by atoms with E-state index in [1.54, 1.807) is 0 Å². The molecule has 0 amide bonds. The molecule has 4 nitrogen and oxygen atoms in total. The summed E-state index contributed by atoms with van der Waals surface area (Å²) in [6.07, 6.45) is 5.16. The van der Waals surface area contributed by atoms with E-state index in [0.29, 0.717) is 0 Å². The molecule has 0 saturated heterocycles. The predicted molar refractivity (Wildman–Crippen MR) is 55.5 cm³/mol. The quantitative estimate of drug-likeness (QED) is 0.731. The monoisotopic (exact) mass is 221 g/mol. The SMILES string of the molecule is CC1(NS(=O)(=O)CCO)CCCCC1. The third-order valence-electron chi connectivity index (χ3n) is 2.72. The van der Waals surface area contributed by atoms with Crippen LogP contribution in [0.2, 0.25) is 0 Å². The van der Waals surface area contributed by atoms with Gasteiger partial charge >= 0.3 is 0 Å². The van der Waals surface area contributed by atoms with E-state index in [2.05, 4.69) is 4.72 Å². The number of rotatable bonds is 4. The summed E-state index contributed by atoms with van der Waals surface area (Å²) in [4.78, 5) is 0. The number of hydrogen-bond acceptors (Lipinski definition) is 3. The first-order valence-corrected chi connectivity index (χ1v) is 6.75. The third kappa shape index (κ3) is 3.55. The van der Waals surface area contributed by atoms with Crippen LogP contribution in [-0.4, -0.2) is 31.4 Å². The summed E-state index contributed by atoms with van der Waals surface area (Å²) in [6, 6.07) is 0. The Morgan fingerprint density at radius 2 is 1.86 bits per heavy atom. The Morgan fingerprint density at radius 3 is 2.36 bits per heavy atom. The lowest BCUT2D eigenvalue weighted by molar-refractivity contribution is 0.289. The van der Waals surface area contributed by atoms with E-state index in [1.807, 2.05) is 6.92 Å². The highest BCUT2D eigenvalue weighted by atomic mass is 32.2. The van der Waals surface area contributed by atoms with Gasteiger partial charge in [0.1, 0.15) is 0 Å². The normalized spacial score (nSPS) is 22.1. The first kappa shape index (κ1) is 11.9. The zero-order valence-electron chi connectivity index (χ0n) is 8.62. The molecule has 1 aliphatic carbocycles. The van der Waals surface area contributed by atoms with Crippen LogP contribution >= 0.6 is 0 Å². The Morgan fingerprint density at radius 1 is 1.29 bits per heavy atom. The molecule has 0 unspecified atom stereocenters. The molecule has 0 radical (unpaired) electrons. The molecule has 0 atom stereocenters. The fourth-order valence-corrected chi connectivity index (χ4v) is 3.28. The molecule has 0 heterocycles. The highest BCUT2D eigenvalue weighted by Crippen LogP contribution is 2.28. The van der Waals surface area contributed by atoms with Crippen LogP contribution in [0.25, 0.3) is 0 Å². The summed E-state index contributed by atoms with van der Waals surface area (Å²) in [5.41, 5.74) is -0.285. The maximum atomic E-state index is 11.4. The predicted octanol–water partition coefficient (Wildman–Crippen LogP) is 0.621. The third-order valence-corrected chi connectivity index (χ3v) is 4.24. The molecule has 0 bridgehead atoms. The van der Waals surface area contributed by atoms with Gasteiger partial charge in [0.25, 0.3) is 0 Å². The summed E-state index contributed by atoms with van der Waals surface area (Å²) >= 11 is 0. The number of aliphatic hydroxyl groups is 1. The summed E-state index contributed by atoms with van der Waals surface area (Å²) in [5, 5.41) is 8.60. The van der Waals surface area contributed by atoms with Crippen molar-refractivity contribution >= 4 is 10.0 Å². The highest BCUT2D eigenvalue weighted by molar-refractivity contribution is 7.89. The minimum absolute atomic E-state index is 0.192. The minimum Gasteiger partial charge on any atom is -0.395 e. The van der Waals surface area contributed by atoms with Crippen molar-refractivity contribution in [1.29, 1.82) is 0 Å². The van der Waals surface area contributed by atoms with Crippen molar-refractivity contribution in [1.82, 2.24) is 4.72 Å². The van der Waals surface area contributed by atoms with Crippen molar-refractivity contribution in [3.05, 3.63) is 0 Å². The van der Waals surface area contributed by atoms with Gasteiger partial charge < -0.3 is 5.11 Å². The van der Waals surface area contributed by atoms with Crippen molar-refractivity contribution < 1.29 is 13.5 Å². The maximum Gasteiger partial charge on any atom is 0.214 e. The Kier molecular flexibility index (Phi) is 3.92. The largest absolute Gasteiger partial charge is 0.395 e. The van der Waals surface area contributed by atoms with Gasteiger partial charge in [-0.2, -0.15) is 0 Å². The fourth-order valence-electron chi connectivity index (χ4n) is 1.98. The van der Waals surface area contributed by atoms with Crippen LogP contribution < -0.4 is 4.72 Å². The zero-order valence-corrected chi connectivity index (χ0v) is 9.44. The summed E-state index contributed by atoms with van der Waals surface area (Å²) < 4.78 is 25.6. The van der Waals surface area contributed by atoms with Gasteiger partial charge in [-0.25, -0.2) is 13.1 Å². The van der Waals surface area contributed by atoms with E-state index in [9.17, 15) is 8.42 Å². The average Bonchev–Trinajstić information content (AvgIpc) is 2.02. The number of hydrogen-bond donors (Lipinski definition) is 2. The first-order chi connectivity index (χ1) is 6.47. The lowest BCUT2D eigenvalue weighted by Crippen LogP contribution is -2.48. The van der Waals surface area contributed by atoms with Gasteiger partial charge in [0.2, 0.25) is 10.0 Å². The average molecular weight is 221 g/mol. The van der Waals surface area contributed by atoms with Crippen molar-refractivity contribution in [3.8, 4) is 0 Å². The van der Waals surface area contributed by atoms with Gasteiger partial charge in [-0.3, -0.25) is 0 Å². The van der Waals surface area contributed by atoms with Crippen LogP contribution in [0.5, 0.6) is 0 Å². The molecular formula is C9H19NO3S. The van der Waals surface area contributed by atoms with Crippen LogP contribution in [0.15, 0.2) is 0 Å². The molecule has 1 fully saturated rings. The van der Waals surface area contributed by atoms with Crippen LogP contribution in [0.4, 0.5) is 0 Å². The van der Waals surface area contributed by atoms with Gasteiger partial charge in [0.05, 0.1) is 12.4 Å². The zero-order chi connectivity index (χ0) is 10.7. The van der Waals surface area contributed by atoms with Crippen molar-refractivity contribution in [2.45, 2.75) is 44.6 Å². The Hall–Kier alpha value is -0.130. The minimum atomic E-state index is -3.29. The van der Waals surface area contributed by atoms with Gasteiger partial charge in [0, 0.05) is 5.54 Å². The molecule has 1 saturated carbocycles. The molecule has 1 aliphatic rings. The second kappa shape index (κ2) is 4.59. The molecule has 0 spiro atoms. The standard InChI is InChI=1S/C9H19NO3S/c1-9(5-3-2-4-6-9)10-14(12,13)8-7-11/h10-11H,2-8H2,1H3. The Bertz CT molecular complexity index is 268. The molecular weight excluding hydrogens is 202 g/mol. The second-order valence-corrected chi connectivity index (χ2v) is 6.11. The molecule has 0 aromatic carbocycles. The second-order valence-electron chi connectivity index (χ2n) is 4.27. The van der Waals surface area contributed by atoms with Crippen molar-refractivity contribution in [2.75, 3.05) is 12.4 Å². The lowest BCUT2D eigenvalue weighted by atomic mass is 9.84. The van der Waals surface area contributed by atoms with Crippen molar-refractivity contribution in [3.63, 3.8) is 0 Å². The number of aliphatic hydroxyl groups excluding tert-OH is 1. The van der Waals surface area contributed by atoms with E-state index < -0.39 is 10.0 Å². The number of sulfonamides is 1. The summed E-state index contributed by atoms with van der Waals surface area (Å²) in [6.45, 7) is 1.63. The van der Waals surface area contributed by atoms with Gasteiger partial charge in [-0.05, 0) is 19.8 Å². The molecule has 14 heavy (non-hydrogen) atoms. The number of nitrogens with one attached hydrogen (secondary N) is 1. The summed E-state index contributed by atoms with van der Waals surface area (Å²) in [5.74, 6) is -0.192. The Labute approximate surface area is 85.8 Å². The molecule has 0 aromatic rings. The van der Waals surface area contributed by atoms with E-state index in [1.165, 1.54) is 6.42 Å². The molecule has 5 heteroatoms. The smallest absolute Gasteiger partial charge is 0.214 e. The molecule has 1 rings (SSSR count). The van der Waals surface area contributed by atoms with Gasteiger partial charge in [-0.1, -0.05) is 19.3 Å². The van der Waals surface area contributed by atoms with Crippen LogP contribution in [-0.2, 0) is 10.0 Å². The van der Waals surface area contributed by atoms with Gasteiger partial charge in [-0.15, -0.1) is 0 Å².